The van der Waals surface area contributed by atoms with Gasteiger partial charge in [0.15, 0.2) is 0 Å². The molecule has 0 radical (unpaired) electrons. The van der Waals surface area contributed by atoms with E-state index in [1.54, 1.807) is 6.07 Å². The third kappa shape index (κ3) is 3.95. The van der Waals surface area contributed by atoms with E-state index < -0.39 is 14.9 Å². The first kappa shape index (κ1) is 18.1. The molecule has 0 N–H and O–H groups in total. The summed E-state index contributed by atoms with van der Waals surface area (Å²) in [5, 5.41) is 11.5. The van der Waals surface area contributed by atoms with Crippen molar-refractivity contribution < 1.29 is 13.3 Å². The molecule has 2 saturated heterocycles. The predicted molar refractivity (Wildman–Crippen MR) is 96.4 cm³/mol. The van der Waals surface area contributed by atoms with E-state index in [4.69, 9.17) is 0 Å². The summed E-state index contributed by atoms with van der Waals surface area (Å²) in [6, 6.07) is 4.37. The number of nitrogens with zero attached hydrogens (tertiary/aromatic N) is 3. The highest BCUT2D eigenvalue weighted by molar-refractivity contribution is 7.89. The monoisotopic (exact) mass is 367 g/mol. The minimum Gasteiger partial charge on any atom is -0.366 e. The van der Waals surface area contributed by atoms with Crippen LogP contribution in [-0.2, 0) is 10.0 Å². The summed E-state index contributed by atoms with van der Waals surface area (Å²) in [6.07, 6.45) is 6.88. The van der Waals surface area contributed by atoms with Crippen LogP contribution < -0.4 is 4.90 Å². The van der Waals surface area contributed by atoms with Gasteiger partial charge in [-0.3, -0.25) is 10.1 Å². The van der Waals surface area contributed by atoms with Crippen molar-refractivity contribution in [2.45, 2.75) is 49.8 Å². The number of anilines is 1. The van der Waals surface area contributed by atoms with Crippen LogP contribution in [0.4, 0.5) is 11.4 Å². The lowest BCUT2D eigenvalue weighted by Crippen LogP contribution is -2.32. The van der Waals surface area contributed by atoms with Crippen molar-refractivity contribution in [3.8, 4) is 0 Å². The molecule has 3 rings (SSSR count). The molecule has 0 bridgehead atoms. The van der Waals surface area contributed by atoms with Crippen LogP contribution in [0.15, 0.2) is 23.1 Å². The number of hydrogen-bond donors (Lipinski definition) is 0. The molecule has 0 spiro atoms. The molecule has 2 fully saturated rings. The van der Waals surface area contributed by atoms with Gasteiger partial charge in [0.05, 0.1) is 9.82 Å². The van der Waals surface area contributed by atoms with Crippen LogP contribution in [0.1, 0.15) is 44.9 Å². The zero-order valence-corrected chi connectivity index (χ0v) is 15.2. The third-order valence-electron chi connectivity index (χ3n) is 5.04. The topological polar surface area (TPSA) is 83.8 Å². The van der Waals surface area contributed by atoms with Crippen molar-refractivity contribution in [2.75, 3.05) is 31.1 Å². The van der Waals surface area contributed by atoms with Crippen molar-refractivity contribution >= 4 is 21.4 Å². The summed E-state index contributed by atoms with van der Waals surface area (Å²) in [7, 11) is -3.68. The minimum absolute atomic E-state index is 0.0295. The molecule has 0 saturated carbocycles. The smallest absolute Gasteiger partial charge is 0.293 e. The van der Waals surface area contributed by atoms with Crippen LogP contribution in [0, 0.1) is 10.1 Å². The molecule has 1 aromatic rings. The number of nitro benzene ring substituents is 1. The first-order chi connectivity index (χ1) is 12.0. The third-order valence-corrected chi connectivity index (χ3v) is 6.94. The van der Waals surface area contributed by atoms with Gasteiger partial charge >= 0.3 is 0 Å². The van der Waals surface area contributed by atoms with Gasteiger partial charge in [0.25, 0.3) is 5.69 Å². The first-order valence-corrected chi connectivity index (χ1v) is 10.5. The van der Waals surface area contributed by atoms with E-state index >= 15 is 0 Å². The maximum Gasteiger partial charge on any atom is 0.293 e. The second-order valence-electron chi connectivity index (χ2n) is 6.77. The standard InChI is InChI=1S/C17H25N3O4S/c21-20(22)17-14-15(8-9-16(17)18-10-4-3-5-11-18)25(23,24)19-12-6-1-2-7-13-19/h8-9,14H,1-7,10-13H2. The average molecular weight is 367 g/mol. The molecule has 0 amide bonds. The Kier molecular flexibility index (Phi) is 5.58. The molecule has 2 aliphatic heterocycles. The van der Waals surface area contributed by atoms with Crippen LogP contribution >= 0.6 is 0 Å². The Morgan fingerprint density at radius 2 is 1.44 bits per heavy atom. The lowest BCUT2D eigenvalue weighted by Gasteiger charge is -2.28. The van der Waals surface area contributed by atoms with Gasteiger partial charge in [-0.1, -0.05) is 12.8 Å². The Hall–Kier alpha value is -1.67. The number of sulfonamides is 1. The highest BCUT2D eigenvalue weighted by Crippen LogP contribution is 2.33. The number of benzene rings is 1. The normalized spacial score (nSPS) is 20.2. The molecule has 0 aromatic heterocycles. The van der Waals surface area contributed by atoms with E-state index in [0.717, 1.165) is 58.0 Å². The SMILES string of the molecule is O=[N+]([O-])c1cc(S(=O)(=O)N2CCCCCC2)ccc1N1CCCCC1. The minimum atomic E-state index is -3.68. The Morgan fingerprint density at radius 1 is 0.880 bits per heavy atom. The van der Waals surface area contributed by atoms with Gasteiger partial charge in [-0.15, -0.1) is 0 Å². The van der Waals surface area contributed by atoms with Gasteiger partial charge in [0.2, 0.25) is 10.0 Å². The van der Waals surface area contributed by atoms with Crippen LogP contribution in [0.25, 0.3) is 0 Å². The van der Waals surface area contributed by atoms with Gasteiger partial charge in [-0.25, -0.2) is 8.42 Å². The van der Waals surface area contributed by atoms with Crippen LogP contribution in [0.3, 0.4) is 0 Å². The van der Waals surface area contributed by atoms with Gasteiger partial charge in [0.1, 0.15) is 5.69 Å². The van der Waals surface area contributed by atoms with Crippen LogP contribution in [0.5, 0.6) is 0 Å². The quantitative estimate of drug-likeness (QED) is 0.603. The van der Waals surface area contributed by atoms with E-state index in [1.807, 2.05) is 4.90 Å². The molecule has 0 aliphatic carbocycles. The largest absolute Gasteiger partial charge is 0.366 e. The highest BCUT2D eigenvalue weighted by atomic mass is 32.2. The maximum atomic E-state index is 12.9. The molecule has 25 heavy (non-hydrogen) atoms. The van der Waals surface area contributed by atoms with Crippen molar-refractivity contribution in [1.29, 1.82) is 0 Å². The highest BCUT2D eigenvalue weighted by Gasteiger charge is 2.29. The lowest BCUT2D eigenvalue weighted by atomic mass is 10.1. The van der Waals surface area contributed by atoms with Crippen molar-refractivity contribution in [2.24, 2.45) is 0 Å². The zero-order valence-electron chi connectivity index (χ0n) is 14.4. The summed E-state index contributed by atoms with van der Waals surface area (Å²) < 4.78 is 27.3. The number of piperidine rings is 1. The predicted octanol–water partition coefficient (Wildman–Crippen LogP) is 3.15. The van der Waals surface area contributed by atoms with Crippen molar-refractivity contribution in [1.82, 2.24) is 4.31 Å². The molecular formula is C17H25N3O4S. The molecule has 1 aromatic carbocycles. The van der Waals surface area contributed by atoms with E-state index in [1.165, 1.54) is 16.4 Å². The average Bonchev–Trinajstić information content (AvgIpc) is 2.92. The Balaban J connectivity index is 1.94. The van der Waals surface area contributed by atoms with Crippen LogP contribution in [-0.4, -0.2) is 43.8 Å². The summed E-state index contributed by atoms with van der Waals surface area (Å²) in [4.78, 5) is 13.1. The molecule has 2 heterocycles. The summed E-state index contributed by atoms with van der Waals surface area (Å²) in [5.41, 5.74) is 0.414. The fourth-order valence-electron chi connectivity index (χ4n) is 3.64. The van der Waals surface area contributed by atoms with Gasteiger partial charge in [-0.2, -0.15) is 4.31 Å². The number of hydrogen-bond acceptors (Lipinski definition) is 5. The number of nitro groups is 1. The molecule has 0 atom stereocenters. The first-order valence-electron chi connectivity index (χ1n) is 9.04. The summed E-state index contributed by atoms with van der Waals surface area (Å²) >= 11 is 0. The van der Waals surface area contributed by atoms with Gasteiger partial charge in [-0.05, 0) is 44.2 Å². The summed E-state index contributed by atoms with van der Waals surface area (Å²) in [6.45, 7) is 2.53. The maximum absolute atomic E-state index is 12.9. The van der Waals surface area contributed by atoms with Crippen LogP contribution in [0.2, 0.25) is 0 Å². The van der Waals surface area contributed by atoms with E-state index in [-0.39, 0.29) is 10.6 Å². The van der Waals surface area contributed by atoms with Gasteiger partial charge < -0.3 is 4.90 Å². The van der Waals surface area contributed by atoms with Crippen molar-refractivity contribution in [3.63, 3.8) is 0 Å². The Labute approximate surface area is 148 Å². The molecule has 7 nitrogen and oxygen atoms in total. The fraction of sp³-hybridized carbons (Fsp3) is 0.647. The van der Waals surface area contributed by atoms with E-state index in [2.05, 4.69) is 0 Å². The second kappa shape index (κ2) is 7.70. The Morgan fingerprint density at radius 3 is 2.04 bits per heavy atom. The van der Waals surface area contributed by atoms with Crippen molar-refractivity contribution in [3.05, 3.63) is 28.3 Å². The molecule has 138 valence electrons. The lowest BCUT2D eigenvalue weighted by molar-refractivity contribution is -0.384. The number of rotatable bonds is 4. The second-order valence-corrected chi connectivity index (χ2v) is 8.71. The van der Waals surface area contributed by atoms with Gasteiger partial charge in [0, 0.05) is 32.2 Å². The van der Waals surface area contributed by atoms with E-state index in [0.29, 0.717) is 18.8 Å². The molecular weight excluding hydrogens is 342 g/mol. The molecule has 8 heteroatoms. The molecule has 2 aliphatic rings. The Bertz CT molecular complexity index is 721. The fourth-order valence-corrected chi connectivity index (χ4v) is 5.18. The summed E-state index contributed by atoms with van der Waals surface area (Å²) in [5.74, 6) is 0. The zero-order chi connectivity index (χ0) is 17.9. The van der Waals surface area contributed by atoms with E-state index in [9.17, 15) is 18.5 Å². The molecule has 0 unspecified atom stereocenters.